The number of anilines is 1. The molecule has 2 heterocycles. The van der Waals surface area contributed by atoms with Crippen molar-refractivity contribution in [2.24, 2.45) is 11.8 Å². The summed E-state index contributed by atoms with van der Waals surface area (Å²) in [5.41, 5.74) is 2.11. The fraction of sp³-hybridized carbons (Fsp3) is 0.625. The molecule has 1 aromatic carbocycles. The van der Waals surface area contributed by atoms with Gasteiger partial charge < -0.3 is 15.1 Å². The van der Waals surface area contributed by atoms with E-state index in [0.717, 1.165) is 18.5 Å². The largest absolute Gasteiger partial charge is 0.356 e. The highest BCUT2D eigenvalue weighted by Crippen LogP contribution is 2.34. The average Bonchev–Trinajstić information content (AvgIpc) is 3.17. The number of nitrogens with zero attached hydrogens (tertiary/aromatic N) is 2. The molecule has 0 aliphatic carbocycles. The zero-order valence-corrected chi connectivity index (χ0v) is 18.5. The fourth-order valence-corrected chi connectivity index (χ4v) is 4.49. The standard InChI is InChI=1S/C24H35N3O3/c1-4-12-25-23(29)18-10-13-26(14-11-18)24(30)19-15-22(28)27(16-19)21-9-7-6-8-20(21)17(3)5-2/h6-9,17-19H,4-5,10-16H2,1-3H3,(H,25,29). The minimum Gasteiger partial charge on any atom is -0.356 e. The highest BCUT2D eigenvalue weighted by Gasteiger charge is 2.39. The van der Waals surface area contributed by atoms with Gasteiger partial charge in [0.2, 0.25) is 17.7 Å². The topological polar surface area (TPSA) is 69.7 Å². The maximum Gasteiger partial charge on any atom is 0.228 e. The van der Waals surface area contributed by atoms with E-state index < -0.39 is 0 Å². The van der Waals surface area contributed by atoms with Crippen molar-refractivity contribution in [1.29, 1.82) is 0 Å². The Bertz CT molecular complexity index is 771. The molecule has 2 aliphatic heterocycles. The molecule has 3 amide bonds. The Morgan fingerprint density at radius 1 is 1.13 bits per heavy atom. The number of hydrogen-bond acceptors (Lipinski definition) is 3. The molecule has 30 heavy (non-hydrogen) atoms. The van der Waals surface area contributed by atoms with Gasteiger partial charge in [-0.3, -0.25) is 14.4 Å². The van der Waals surface area contributed by atoms with Crippen LogP contribution in [0, 0.1) is 11.8 Å². The summed E-state index contributed by atoms with van der Waals surface area (Å²) in [6, 6.07) is 8.04. The first-order chi connectivity index (χ1) is 14.5. The van der Waals surface area contributed by atoms with Gasteiger partial charge in [-0.05, 0) is 43.2 Å². The second-order valence-electron chi connectivity index (χ2n) is 8.66. The van der Waals surface area contributed by atoms with Crippen LogP contribution in [0.4, 0.5) is 5.69 Å². The average molecular weight is 414 g/mol. The summed E-state index contributed by atoms with van der Waals surface area (Å²) in [4.78, 5) is 41.7. The second-order valence-corrected chi connectivity index (χ2v) is 8.66. The molecule has 1 N–H and O–H groups in total. The van der Waals surface area contributed by atoms with Crippen molar-refractivity contribution in [3.63, 3.8) is 0 Å². The first-order valence-electron chi connectivity index (χ1n) is 11.4. The van der Waals surface area contributed by atoms with Crippen molar-refractivity contribution in [1.82, 2.24) is 10.2 Å². The van der Waals surface area contributed by atoms with E-state index in [4.69, 9.17) is 0 Å². The molecule has 0 aromatic heterocycles. The second kappa shape index (κ2) is 10.1. The summed E-state index contributed by atoms with van der Waals surface area (Å²) < 4.78 is 0. The van der Waals surface area contributed by atoms with Crippen LogP contribution in [-0.4, -0.2) is 48.8 Å². The maximum absolute atomic E-state index is 13.1. The number of nitrogens with one attached hydrogen (secondary N) is 1. The molecule has 2 unspecified atom stereocenters. The predicted octanol–water partition coefficient (Wildman–Crippen LogP) is 3.32. The van der Waals surface area contributed by atoms with Crippen LogP contribution in [0.25, 0.3) is 0 Å². The molecule has 2 atom stereocenters. The lowest BCUT2D eigenvalue weighted by molar-refractivity contribution is -0.139. The van der Waals surface area contributed by atoms with Crippen LogP contribution in [0.3, 0.4) is 0 Å². The van der Waals surface area contributed by atoms with Gasteiger partial charge in [-0.25, -0.2) is 0 Å². The van der Waals surface area contributed by atoms with Crippen LogP contribution in [0.5, 0.6) is 0 Å². The van der Waals surface area contributed by atoms with E-state index >= 15 is 0 Å². The lowest BCUT2D eigenvalue weighted by Crippen LogP contribution is -2.45. The predicted molar refractivity (Wildman–Crippen MR) is 118 cm³/mol. The summed E-state index contributed by atoms with van der Waals surface area (Å²) in [5, 5.41) is 2.96. The van der Waals surface area contributed by atoms with Crippen molar-refractivity contribution >= 4 is 23.4 Å². The maximum atomic E-state index is 13.1. The lowest BCUT2D eigenvalue weighted by atomic mass is 9.94. The Kier molecular flexibility index (Phi) is 7.51. The van der Waals surface area contributed by atoms with E-state index in [-0.39, 0.29) is 36.0 Å². The summed E-state index contributed by atoms with van der Waals surface area (Å²) in [6.07, 6.45) is 3.59. The molecule has 1 aromatic rings. The molecule has 2 aliphatic rings. The third kappa shape index (κ3) is 4.85. The van der Waals surface area contributed by atoms with Gasteiger partial charge in [0.1, 0.15) is 0 Å². The molecule has 6 heteroatoms. The van der Waals surface area contributed by atoms with E-state index in [1.165, 1.54) is 5.56 Å². The highest BCUT2D eigenvalue weighted by atomic mass is 16.2. The normalized spacial score (nSPS) is 21.0. The molecule has 3 rings (SSSR count). The zero-order valence-electron chi connectivity index (χ0n) is 18.5. The van der Waals surface area contributed by atoms with E-state index in [9.17, 15) is 14.4 Å². The van der Waals surface area contributed by atoms with Gasteiger partial charge in [0.15, 0.2) is 0 Å². The molecule has 0 saturated carbocycles. The number of likely N-dealkylation sites (tertiary alicyclic amines) is 1. The monoisotopic (exact) mass is 413 g/mol. The van der Waals surface area contributed by atoms with Gasteiger partial charge >= 0.3 is 0 Å². The summed E-state index contributed by atoms with van der Waals surface area (Å²) in [7, 11) is 0. The van der Waals surface area contributed by atoms with Crippen LogP contribution in [0.1, 0.15) is 64.4 Å². The van der Waals surface area contributed by atoms with Crippen LogP contribution < -0.4 is 10.2 Å². The molecule has 0 spiro atoms. The molecule has 0 radical (unpaired) electrons. The number of rotatable bonds is 7. The number of benzene rings is 1. The smallest absolute Gasteiger partial charge is 0.228 e. The van der Waals surface area contributed by atoms with E-state index in [1.807, 2.05) is 30.0 Å². The third-order valence-electron chi connectivity index (χ3n) is 6.57. The van der Waals surface area contributed by atoms with Crippen molar-refractivity contribution in [3.05, 3.63) is 29.8 Å². The Morgan fingerprint density at radius 2 is 1.83 bits per heavy atom. The van der Waals surface area contributed by atoms with Crippen LogP contribution in [0.15, 0.2) is 24.3 Å². The molecule has 0 bridgehead atoms. The number of amides is 3. The SMILES string of the molecule is CCCNC(=O)C1CCN(C(=O)C2CC(=O)N(c3ccccc3C(C)CC)C2)CC1. The van der Waals surface area contributed by atoms with Crippen molar-refractivity contribution < 1.29 is 14.4 Å². The van der Waals surface area contributed by atoms with Gasteiger partial charge in [0, 0.05) is 44.2 Å². The van der Waals surface area contributed by atoms with E-state index in [0.29, 0.717) is 44.9 Å². The Morgan fingerprint density at radius 3 is 2.50 bits per heavy atom. The summed E-state index contributed by atoms with van der Waals surface area (Å²) >= 11 is 0. The fourth-order valence-electron chi connectivity index (χ4n) is 4.49. The quantitative estimate of drug-likeness (QED) is 0.746. The number of hydrogen-bond donors (Lipinski definition) is 1. The van der Waals surface area contributed by atoms with Crippen LogP contribution >= 0.6 is 0 Å². The minimum absolute atomic E-state index is 0.00952. The Balaban J connectivity index is 1.61. The molecule has 164 valence electrons. The van der Waals surface area contributed by atoms with Gasteiger partial charge in [-0.1, -0.05) is 39.0 Å². The van der Waals surface area contributed by atoms with Crippen molar-refractivity contribution in [2.75, 3.05) is 31.1 Å². The molecule has 6 nitrogen and oxygen atoms in total. The van der Waals surface area contributed by atoms with Gasteiger partial charge in [-0.15, -0.1) is 0 Å². The zero-order chi connectivity index (χ0) is 21.7. The Hall–Kier alpha value is -2.37. The van der Waals surface area contributed by atoms with Gasteiger partial charge in [0.25, 0.3) is 0 Å². The highest BCUT2D eigenvalue weighted by molar-refractivity contribution is 6.01. The first-order valence-corrected chi connectivity index (χ1v) is 11.4. The molecule has 2 fully saturated rings. The van der Waals surface area contributed by atoms with Crippen LogP contribution in [-0.2, 0) is 14.4 Å². The molecule has 2 saturated heterocycles. The minimum atomic E-state index is -0.298. The molecular formula is C24H35N3O3. The van der Waals surface area contributed by atoms with Crippen LogP contribution in [0.2, 0.25) is 0 Å². The van der Waals surface area contributed by atoms with E-state index in [2.05, 4.69) is 25.2 Å². The number of carbonyl (C=O) groups is 3. The van der Waals surface area contributed by atoms with Crippen molar-refractivity contribution in [2.45, 2.75) is 58.8 Å². The first kappa shape index (κ1) is 22.3. The van der Waals surface area contributed by atoms with Crippen molar-refractivity contribution in [3.8, 4) is 0 Å². The number of piperidine rings is 1. The lowest BCUT2D eigenvalue weighted by Gasteiger charge is -2.33. The van der Waals surface area contributed by atoms with Gasteiger partial charge in [0.05, 0.1) is 5.92 Å². The summed E-state index contributed by atoms with van der Waals surface area (Å²) in [6.45, 7) is 8.69. The summed E-state index contributed by atoms with van der Waals surface area (Å²) in [5.74, 6) is 0.240. The number of para-hydroxylation sites is 1. The number of carbonyl (C=O) groups excluding carboxylic acids is 3. The third-order valence-corrected chi connectivity index (χ3v) is 6.57. The van der Waals surface area contributed by atoms with Gasteiger partial charge in [-0.2, -0.15) is 0 Å². The van der Waals surface area contributed by atoms with E-state index in [1.54, 1.807) is 4.90 Å². The molecular weight excluding hydrogens is 378 g/mol. The Labute approximate surface area is 180 Å².